The van der Waals surface area contributed by atoms with Crippen LogP contribution in [-0.2, 0) is 9.47 Å². The molecule has 4 unspecified atom stereocenters. The van der Waals surface area contributed by atoms with Crippen LogP contribution in [0.1, 0.15) is 65.2 Å². The third kappa shape index (κ3) is 4.57. The maximum Gasteiger partial charge on any atom is 0.227 e. The predicted molar refractivity (Wildman–Crippen MR) is 128 cm³/mol. The van der Waals surface area contributed by atoms with Crippen molar-refractivity contribution in [2.24, 2.45) is 0 Å². The Morgan fingerprint density at radius 1 is 0.594 bits per heavy atom. The molecule has 4 atom stereocenters. The van der Waals surface area contributed by atoms with Gasteiger partial charge in [0.15, 0.2) is 0 Å². The first-order valence-electron chi connectivity index (χ1n) is 12.4. The largest absolute Gasteiger partial charge is 0.461 e. The van der Waals surface area contributed by atoms with Crippen molar-refractivity contribution in [1.82, 2.24) is 0 Å². The standard InChI is InChI=1S/C28H34O4/c1-3-5-7-17-23-27(29-23)31-25-19-13-9-11-15-21(19)26(22-16-12-10-14-20(22)25)32-28-24(30-28)18-8-6-4-2/h9-16,23-24,27-28H,3-8,17-18H2,1-2H3. The van der Waals surface area contributed by atoms with Gasteiger partial charge in [0.1, 0.15) is 23.7 Å². The maximum absolute atomic E-state index is 6.45. The van der Waals surface area contributed by atoms with Crippen LogP contribution < -0.4 is 9.47 Å². The molecule has 3 aromatic rings. The Labute approximate surface area is 190 Å². The van der Waals surface area contributed by atoms with Gasteiger partial charge in [-0.1, -0.05) is 101 Å². The van der Waals surface area contributed by atoms with Gasteiger partial charge in [-0.05, 0) is 12.8 Å². The minimum atomic E-state index is -0.153. The van der Waals surface area contributed by atoms with E-state index in [4.69, 9.17) is 18.9 Å². The van der Waals surface area contributed by atoms with E-state index in [1.165, 1.54) is 38.5 Å². The Kier molecular flexibility index (Phi) is 6.52. The smallest absolute Gasteiger partial charge is 0.227 e. The van der Waals surface area contributed by atoms with Gasteiger partial charge >= 0.3 is 0 Å². The normalized spacial score (nSPS) is 24.1. The van der Waals surface area contributed by atoms with Gasteiger partial charge in [-0.25, -0.2) is 0 Å². The summed E-state index contributed by atoms with van der Waals surface area (Å²) in [5, 5.41) is 4.25. The number of ether oxygens (including phenoxy) is 4. The molecule has 0 N–H and O–H groups in total. The number of benzene rings is 3. The monoisotopic (exact) mass is 434 g/mol. The highest BCUT2D eigenvalue weighted by Gasteiger charge is 2.43. The van der Waals surface area contributed by atoms with Crippen LogP contribution >= 0.6 is 0 Å². The lowest BCUT2D eigenvalue weighted by molar-refractivity contribution is 0.179. The molecule has 5 rings (SSSR count). The van der Waals surface area contributed by atoms with Crippen LogP contribution in [0.3, 0.4) is 0 Å². The minimum absolute atomic E-state index is 0.153. The Morgan fingerprint density at radius 3 is 1.31 bits per heavy atom. The molecule has 2 aliphatic heterocycles. The topological polar surface area (TPSA) is 43.5 Å². The third-order valence-electron chi connectivity index (χ3n) is 6.56. The van der Waals surface area contributed by atoms with Crippen molar-refractivity contribution in [3.8, 4) is 11.5 Å². The van der Waals surface area contributed by atoms with E-state index < -0.39 is 0 Å². The summed E-state index contributed by atoms with van der Waals surface area (Å²) in [6.45, 7) is 4.45. The first kappa shape index (κ1) is 21.5. The molecule has 4 nitrogen and oxygen atoms in total. The lowest BCUT2D eigenvalue weighted by atomic mass is 10.0. The number of fused-ring (bicyclic) bond motifs is 2. The summed E-state index contributed by atoms with van der Waals surface area (Å²) in [5.41, 5.74) is 0. The summed E-state index contributed by atoms with van der Waals surface area (Å²) >= 11 is 0. The molecule has 0 spiro atoms. The highest BCUT2D eigenvalue weighted by Crippen LogP contribution is 2.46. The van der Waals surface area contributed by atoms with E-state index in [0.29, 0.717) is 0 Å². The molecule has 4 heteroatoms. The van der Waals surface area contributed by atoms with Crippen molar-refractivity contribution in [3.05, 3.63) is 48.5 Å². The fourth-order valence-corrected chi connectivity index (χ4v) is 4.60. The fourth-order valence-electron chi connectivity index (χ4n) is 4.60. The number of hydrogen-bond acceptors (Lipinski definition) is 4. The van der Waals surface area contributed by atoms with Crippen molar-refractivity contribution in [2.75, 3.05) is 0 Å². The molecule has 0 radical (unpaired) electrons. The molecular weight excluding hydrogens is 400 g/mol. The van der Waals surface area contributed by atoms with Gasteiger partial charge in [0.05, 0.1) is 0 Å². The van der Waals surface area contributed by atoms with Gasteiger partial charge in [0.2, 0.25) is 12.6 Å². The lowest BCUT2D eigenvalue weighted by Crippen LogP contribution is -2.07. The summed E-state index contributed by atoms with van der Waals surface area (Å²) in [5.74, 6) is 1.78. The van der Waals surface area contributed by atoms with E-state index >= 15 is 0 Å². The van der Waals surface area contributed by atoms with Crippen molar-refractivity contribution in [1.29, 1.82) is 0 Å². The van der Waals surface area contributed by atoms with E-state index in [1.807, 2.05) is 0 Å². The molecule has 2 saturated heterocycles. The Hall–Kier alpha value is -2.30. The summed E-state index contributed by atoms with van der Waals surface area (Å²) in [6.07, 6.45) is 9.55. The van der Waals surface area contributed by atoms with Crippen molar-refractivity contribution in [2.45, 2.75) is 90.0 Å². The quantitative estimate of drug-likeness (QED) is 0.170. The summed E-state index contributed by atoms with van der Waals surface area (Å²) in [6, 6.07) is 16.7. The molecule has 2 fully saturated rings. The second kappa shape index (κ2) is 9.68. The summed E-state index contributed by atoms with van der Waals surface area (Å²) < 4.78 is 24.6. The van der Waals surface area contributed by atoms with Gasteiger partial charge in [0, 0.05) is 21.5 Å². The van der Waals surface area contributed by atoms with Crippen LogP contribution in [0.2, 0.25) is 0 Å². The second-order valence-corrected chi connectivity index (χ2v) is 9.06. The molecule has 0 aromatic heterocycles. The van der Waals surface area contributed by atoms with Crippen molar-refractivity contribution >= 4 is 21.5 Å². The molecule has 32 heavy (non-hydrogen) atoms. The maximum atomic E-state index is 6.45. The van der Waals surface area contributed by atoms with Crippen LogP contribution in [0.25, 0.3) is 21.5 Å². The highest BCUT2D eigenvalue weighted by molar-refractivity contribution is 6.11. The SMILES string of the molecule is CCCCCC1OC1Oc1c2ccccc2c(OC2OC2CCCCC)c2ccccc12. The van der Waals surface area contributed by atoms with Crippen LogP contribution in [0, 0.1) is 0 Å². The van der Waals surface area contributed by atoms with Gasteiger partial charge in [-0.3, -0.25) is 0 Å². The minimum Gasteiger partial charge on any atom is -0.461 e. The Bertz CT molecular complexity index is 921. The van der Waals surface area contributed by atoms with Crippen molar-refractivity contribution < 1.29 is 18.9 Å². The van der Waals surface area contributed by atoms with Crippen LogP contribution in [-0.4, -0.2) is 24.8 Å². The van der Waals surface area contributed by atoms with E-state index in [9.17, 15) is 0 Å². The van der Waals surface area contributed by atoms with Gasteiger partial charge in [-0.15, -0.1) is 0 Å². The molecule has 0 amide bonds. The molecule has 3 aromatic carbocycles. The average Bonchev–Trinajstić information content (AvgIpc) is 3.74. The van der Waals surface area contributed by atoms with E-state index in [0.717, 1.165) is 45.9 Å². The zero-order valence-electron chi connectivity index (χ0n) is 19.2. The van der Waals surface area contributed by atoms with Gasteiger partial charge in [0.25, 0.3) is 0 Å². The third-order valence-corrected chi connectivity index (χ3v) is 6.56. The predicted octanol–water partition coefficient (Wildman–Crippen LogP) is 7.36. The van der Waals surface area contributed by atoms with Crippen LogP contribution in [0.4, 0.5) is 0 Å². The molecule has 0 bridgehead atoms. The van der Waals surface area contributed by atoms with E-state index in [1.54, 1.807) is 0 Å². The van der Waals surface area contributed by atoms with Gasteiger partial charge in [-0.2, -0.15) is 0 Å². The van der Waals surface area contributed by atoms with Crippen LogP contribution in [0.15, 0.2) is 48.5 Å². The van der Waals surface area contributed by atoms with E-state index in [-0.39, 0.29) is 24.8 Å². The first-order chi connectivity index (χ1) is 15.8. The molecule has 0 saturated carbocycles. The Balaban J connectivity index is 1.42. The first-order valence-corrected chi connectivity index (χ1v) is 12.4. The number of unbranched alkanes of at least 4 members (excludes halogenated alkanes) is 4. The molecule has 2 heterocycles. The average molecular weight is 435 g/mol. The van der Waals surface area contributed by atoms with Gasteiger partial charge < -0.3 is 18.9 Å². The van der Waals surface area contributed by atoms with Crippen molar-refractivity contribution in [3.63, 3.8) is 0 Å². The molecular formula is C28H34O4. The van der Waals surface area contributed by atoms with E-state index in [2.05, 4.69) is 62.4 Å². The molecule has 2 aliphatic rings. The summed E-state index contributed by atoms with van der Waals surface area (Å²) in [4.78, 5) is 0. The highest BCUT2D eigenvalue weighted by atomic mass is 16.8. The van der Waals surface area contributed by atoms with Crippen LogP contribution in [0.5, 0.6) is 11.5 Å². The molecule has 0 aliphatic carbocycles. The lowest BCUT2D eigenvalue weighted by Gasteiger charge is -2.16. The fraction of sp³-hybridized carbons (Fsp3) is 0.500. The Morgan fingerprint density at radius 2 is 0.969 bits per heavy atom. The summed E-state index contributed by atoms with van der Waals surface area (Å²) in [7, 11) is 0. The zero-order valence-corrected chi connectivity index (χ0v) is 19.2. The number of hydrogen-bond donors (Lipinski definition) is 0. The second-order valence-electron chi connectivity index (χ2n) is 9.06. The zero-order chi connectivity index (χ0) is 21.9. The number of rotatable bonds is 12. The molecule has 170 valence electrons. The number of epoxide rings is 2.